The molecule has 0 aliphatic rings. The van der Waals surface area contributed by atoms with Gasteiger partial charge in [-0.1, -0.05) is 11.6 Å². The Labute approximate surface area is 89.3 Å². The predicted molar refractivity (Wildman–Crippen MR) is 53.9 cm³/mol. The van der Waals surface area contributed by atoms with Crippen LogP contribution in [0.3, 0.4) is 0 Å². The van der Waals surface area contributed by atoms with Crippen LogP contribution in [0.2, 0.25) is 5.02 Å². The van der Waals surface area contributed by atoms with Crippen LogP contribution in [0.4, 0.5) is 0 Å². The highest BCUT2D eigenvalue weighted by Crippen LogP contribution is 2.28. The van der Waals surface area contributed by atoms with E-state index in [4.69, 9.17) is 16.9 Å². The van der Waals surface area contributed by atoms with Crippen LogP contribution in [0.1, 0.15) is 22.8 Å². The van der Waals surface area contributed by atoms with Gasteiger partial charge in [0.15, 0.2) is 5.78 Å². The van der Waals surface area contributed by atoms with Gasteiger partial charge in [-0.3, -0.25) is 4.79 Å². The van der Waals surface area contributed by atoms with Gasteiger partial charge < -0.3 is 0 Å². The van der Waals surface area contributed by atoms with Gasteiger partial charge in [0.25, 0.3) is 0 Å². The summed E-state index contributed by atoms with van der Waals surface area (Å²) in [5.41, 5.74) is 0.679. The summed E-state index contributed by atoms with van der Waals surface area (Å²) < 4.78 is 0.487. The summed E-state index contributed by atoms with van der Waals surface area (Å²) in [5.74, 6) is -0.175. The summed E-state index contributed by atoms with van der Waals surface area (Å²) in [6.07, 6.45) is 0. The highest BCUT2D eigenvalue weighted by atomic mass is 79.9. The average molecular weight is 259 g/mol. The second-order valence-electron chi connectivity index (χ2n) is 2.45. The van der Waals surface area contributed by atoms with Crippen LogP contribution in [0.15, 0.2) is 16.6 Å². The predicted octanol–water partition coefficient (Wildman–Crippen LogP) is 3.18. The third-order valence-corrected chi connectivity index (χ3v) is 2.93. The second-order valence-corrected chi connectivity index (χ2v) is 3.65. The summed E-state index contributed by atoms with van der Waals surface area (Å²) in [5, 5.41) is 9.15. The Hall–Kier alpha value is -0.850. The van der Waals surface area contributed by atoms with Gasteiger partial charge in [-0.15, -0.1) is 0 Å². The minimum atomic E-state index is -0.175. The van der Waals surface area contributed by atoms with Crippen molar-refractivity contribution in [1.82, 2.24) is 0 Å². The summed E-state index contributed by atoms with van der Waals surface area (Å²) in [6.45, 7) is 1.40. The first-order valence-electron chi connectivity index (χ1n) is 3.47. The molecule has 0 heterocycles. The smallest absolute Gasteiger partial charge is 0.162 e. The molecule has 2 nitrogen and oxygen atoms in total. The van der Waals surface area contributed by atoms with Gasteiger partial charge in [-0.2, -0.15) is 5.26 Å². The Bertz CT molecular complexity index is 409. The Kier molecular flexibility index (Phi) is 3.07. The van der Waals surface area contributed by atoms with E-state index < -0.39 is 0 Å². The zero-order valence-corrected chi connectivity index (χ0v) is 9.11. The number of halogens is 2. The molecule has 0 saturated carbocycles. The minimum absolute atomic E-state index is 0.175. The van der Waals surface area contributed by atoms with Gasteiger partial charge in [-0.25, -0.2) is 0 Å². The largest absolute Gasteiger partial charge is 0.294 e. The van der Waals surface area contributed by atoms with Gasteiger partial charge in [0.05, 0.1) is 22.2 Å². The van der Waals surface area contributed by atoms with E-state index in [0.717, 1.165) is 0 Å². The molecule has 0 aliphatic heterocycles. The number of benzene rings is 1. The van der Waals surface area contributed by atoms with Crippen molar-refractivity contribution in [1.29, 1.82) is 5.26 Å². The molecule has 0 unspecified atom stereocenters. The van der Waals surface area contributed by atoms with E-state index in [1.165, 1.54) is 13.0 Å². The van der Waals surface area contributed by atoms with Crippen LogP contribution in [-0.2, 0) is 0 Å². The molecule has 0 N–H and O–H groups in total. The molecule has 0 saturated heterocycles. The quantitative estimate of drug-likeness (QED) is 0.726. The minimum Gasteiger partial charge on any atom is -0.294 e. The lowest BCUT2D eigenvalue weighted by molar-refractivity contribution is 0.101. The molecule has 0 aromatic heterocycles. The molecular formula is C9H5BrClNO. The van der Waals surface area contributed by atoms with Crippen molar-refractivity contribution in [3.8, 4) is 6.07 Å². The first-order chi connectivity index (χ1) is 6.07. The van der Waals surface area contributed by atoms with Gasteiger partial charge in [-0.05, 0) is 35.0 Å². The van der Waals surface area contributed by atoms with Crippen LogP contribution in [0.25, 0.3) is 0 Å². The maximum Gasteiger partial charge on any atom is 0.162 e. The lowest BCUT2D eigenvalue weighted by Gasteiger charge is -2.03. The molecule has 0 spiro atoms. The van der Waals surface area contributed by atoms with E-state index in [1.807, 2.05) is 6.07 Å². The van der Waals surface area contributed by atoms with E-state index in [0.29, 0.717) is 20.6 Å². The topological polar surface area (TPSA) is 40.9 Å². The number of Topliss-reactive ketones (excluding diaryl/α,β-unsaturated/α-hetero) is 1. The Morgan fingerprint density at radius 3 is 2.69 bits per heavy atom. The SMILES string of the molecule is CC(=O)c1c(C#N)ccc(Cl)c1Br. The molecule has 1 aromatic rings. The molecule has 0 bridgehead atoms. The van der Waals surface area contributed by atoms with Crippen LogP contribution in [0.5, 0.6) is 0 Å². The fraction of sp³-hybridized carbons (Fsp3) is 0.111. The first-order valence-corrected chi connectivity index (χ1v) is 4.64. The molecule has 0 atom stereocenters. The molecule has 0 fully saturated rings. The van der Waals surface area contributed by atoms with Crippen molar-refractivity contribution in [3.63, 3.8) is 0 Å². The zero-order chi connectivity index (χ0) is 10.0. The van der Waals surface area contributed by atoms with E-state index in [1.54, 1.807) is 6.07 Å². The van der Waals surface area contributed by atoms with Crippen molar-refractivity contribution in [2.75, 3.05) is 0 Å². The average Bonchev–Trinajstić information content (AvgIpc) is 2.08. The van der Waals surface area contributed by atoms with E-state index in [2.05, 4.69) is 15.9 Å². The van der Waals surface area contributed by atoms with Gasteiger partial charge in [0.2, 0.25) is 0 Å². The number of nitrogens with zero attached hydrogens (tertiary/aromatic N) is 1. The lowest BCUT2D eigenvalue weighted by Crippen LogP contribution is -1.98. The monoisotopic (exact) mass is 257 g/mol. The molecule has 13 heavy (non-hydrogen) atoms. The van der Waals surface area contributed by atoms with Gasteiger partial charge in [0, 0.05) is 4.47 Å². The second kappa shape index (κ2) is 3.91. The molecule has 1 rings (SSSR count). The fourth-order valence-corrected chi connectivity index (χ4v) is 1.77. The number of carbonyl (C=O) groups excluding carboxylic acids is 1. The highest BCUT2D eigenvalue weighted by Gasteiger charge is 2.13. The van der Waals surface area contributed by atoms with E-state index in [-0.39, 0.29) is 5.78 Å². The Morgan fingerprint density at radius 2 is 2.23 bits per heavy atom. The van der Waals surface area contributed by atoms with Gasteiger partial charge >= 0.3 is 0 Å². The highest BCUT2D eigenvalue weighted by molar-refractivity contribution is 9.10. The van der Waals surface area contributed by atoms with Crippen molar-refractivity contribution in [3.05, 3.63) is 32.8 Å². The number of ketones is 1. The maximum atomic E-state index is 11.2. The summed E-state index contributed by atoms with van der Waals surface area (Å²) in [4.78, 5) is 11.2. The maximum absolute atomic E-state index is 11.2. The summed E-state index contributed by atoms with van der Waals surface area (Å²) in [7, 11) is 0. The van der Waals surface area contributed by atoms with Crippen molar-refractivity contribution in [2.24, 2.45) is 0 Å². The van der Waals surface area contributed by atoms with Crippen LogP contribution in [0, 0.1) is 11.3 Å². The summed E-state index contributed by atoms with van der Waals surface area (Å²) >= 11 is 8.95. The molecule has 66 valence electrons. The van der Waals surface area contributed by atoms with Crippen LogP contribution in [-0.4, -0.2) is 5.78 Å². The molecule has 4 heteroatoms. The van der Waals surface area contributed by atoms with Crippen molar-refractivity contribution < 1.29 is 4.79 Å². The Morgan fingerprint density at radius 1 is 1.62 bits per heavy atom. The number of hydrogen-bond acceptors (Lipinski definition) is 2. The molecule has 1 aromatic carbocycles. The molecule has 0 amide bonds. The number of hydrogen-bond donors (Lipinski definition) is 0. The van der Waals surface area contributed by atoms with Crippen molar-refractivity contribution in [2.45, 2.75) is 6.92 Å². The van der Waals surface area contributed by atoms with Crippen LogP contribution >= 0.6 is 27.5 Å². The zero-order valence-electron chi connectivity index (χ0n) is 6.77. The summed E-state index contributed by atoms with van der Waals surface area (Å²) in [6, 6.07) is 5.05. The van der Waals surface area contributed by atoms with E-state index >= 15 is 0 Å². The molecule has 0 aliphatic carbocycles. The number of nitriles is 1. The Balaban J connectivity index is 3.53. The third-order valence-electron chi connectivity index (χ3n) is 1.57. The number of carbonyl (C=O) groups is 1. The fourth-order valence-electron chi connectivity index (χ4n) is 0.988. The lowest BCUT2D eigenvalue weighted by atomic mass is 10.1. The normalized spacial score (nSPS) is 9.38. The third kappa shape index (κ3) is 1.90. The number of rotatable bonds is 1. The molecule has 0 radical (unpaired) electrons. The molecular weight excluding hydrogens is 253 g/mol. The van der Waals surface area contributed by atoms with E-state index in [9.17, 15) is 4.79 Å². The van der Waals surface area contributed by atoms with Crippen molar-refractivity contribution >= 4 is 33.3 Å². The van der Waals surface area contributed by atoms with Crippen LogP contribution < -0.4 is 0 Å². The first kappa shape index (κ1) is 10.2. The van der Waals surface area contributed by atoms with Gasteiger partial charge in [0.1, 0.15) is 0 Å². The standard InChI is InChI=1S/C9H5BrClNO/c1-5(13)8-6(4-12)2-3-7(11)9(8)10/h2-3H,1H3.